The Morgan fingerprint density at radius 1 is 1.31 bits per heavy atom. The summed E-state index contributed by atoms with van der Waals surface area (Å²) in [6, 6.07) is -0.247. The second-order valence-corrected chi connectivity index (χ2v) is 9.32. The maximum Gasteiger partial charge on any atom is 0.274 e. The number of alkyl halides is 1. The number of aromatic nitrogens is 1. The molecular weight excluding hydrogens is 427 g/mol. The number of aromatic hydroxyl groups is 1. The van der Waals surface area contributed by atoms with E-state index in [0.29, 0.717) is 17.9 Å². The Labute approximate surface area is 181 Å². The molecule has 1 aromatic heterocycles. The molecular formula is C22H22F3N3O4. The zero-order valence-electron chi connectivity index (χ0n) is 17.5. The third kappa shape index (κ3) is 2.91. The first-order valence-corrected chi connectivity index (χ1v) is 10.5. The molecule has 7 nitrogen and oxygen atoms in total. The fourth-order valence-corrected chi connectivity index (χ4v) is 5.56. The van der Waals surface area contributed by atoms with Crippen molar-refractivity contribution in [2.75, 3.05) is 13.6 Å². The van der Waals surface area contributed by atoms with Crippen LogP contribution in [0.4, 0.5) is 13.2 Å². The average Bonchev–Trinajstić information content (AvgIpc) is 3.36. The van der Waals surface area contributed by atoms with Crippen molar-refractivity contribution in [3.63, 3.8) is 0 Å². The minimum atomic E-state index is -2.33. The number of allylic oxidation sites excluding steroid dienone is 3. The van der Waals surface area contributed by atoms with Crippen molar-refractivity contribution in [1.29, 1.82) is 0 Å². The number of amides is 2. The van der Waals surface area contributed by atoms with Gasteiger partial charge in [0, 0.05) is 37.9 Å². The molecule has 2 saturated carbocycles. The molecule has 2 N–H and O–H groups in total. The lowest BCUT2D eigenvalue weighted by atomic mass is 9.88. The van der Waals surface area contributed by atoms with Gasteiger partial charge in [0.1, 0.15) is 22.9 Å². The van der Waals surface area contributed by atoms with Gasteiger partial charge in [0.05, 0.1) is 12.1 Å². The summed E-state index contributed by atoms with van der Waals surface area (Å²) < 4.78 is 43.6. The Balaban J connectivity index is 1.47. The van der Waals surface area contributed by atoms with Crippen LogP contribution >= 0.6 is 0 Å². The van der Waals surface area contributed by atoms with E-state index in [1.807, 2.05) is 0 Å². The molecule has 1 aromatic rings. The van der Waals surface area contributed by atoms with Crippen LogP contribution in [0.25, 0.3) is 0 Å². The molecule has 10 heteroatoms. The monoisotopic (exact) mass is 449 g/mol. The van der Waals surface area contributed by atoms with Crippen molar-refractivity contribution in [1.82, 2.24) is 14.8 Å². The minimum absolute atomic E-state index is 0.0757. The van der Waals surface area contributed by atoms with Gasteiger partial charge in [-0.3, -0.25) is 14.4 Å². The molecule has 0 spiro atoms. The number of carbonyl (C=O) groups is 2. The van der Waals surface area contributed by atoms with Gasteiger partial charge in [-0.2, -0.15) is 0 Å². The number of pyridine rings is 1. The molecule has 5 atom stereocenters. The van der Waals surface area contributed by atoms with E-state index < -0.39 is 64.4 Å². The summed E-state index contributed by atoms with van der Waals surface area (Å²) in [7, 11) is 1.65. The van der Waals surface area contributed by atoms with E-state index in [-0.39, 0.29) is 17.8 Å². The SMILES string of the molecule is CN1C(=O)c2c(O)c(=O)c(C(=O)NCC3=C(F)C=C(F)CC3(C)F)cn2[C@H]2C[C@@H]3CC3[C@H]21. The van der Waals surface area contributed by atoms with E-state index in [1.54, 1.807) is 11.9 Å². The van der Waals surface area contributed by atoms with Crippen molar-refractivity contribution in [2.24, 2.45) is 11.8 Å². The number of likely N-dealkylation sites (N-methyl/N-ethyl adjacent to an activating group) is 1. The number of nitrogens with one attached hydrogen (secondary N) is 1. The molecule has 2 heterocycles. The topological polar surface area (TPSA) is 91.6 Å². The number of carbonyl (C=O) groups excluding carboxylic acids is 2. The van der Waals surface area contributed by atoms with Crippen LogP contribution in [-0.2, 0) is 0 Å². The molecule has 0 aromatic carbocycles. The van der Waals surface area contributed by atoms with Crippen LogP contribution in [0.3, 0.4) is 0 Å². The van der Waals surface area contributed by atoms with Crippen LogP contribution in [0.2, 0.25) is 0 Å². The lowest BCUT2D eigenvalue weighted by molar-refractivity contribution is 0.0581. The van der Waals surface area contributed by atoms with Gasteiger partial charge in [0.2, 0.25) is 5.43 Å². The molecule has 4 aliphatic rings. The Morgan fingerprint density at radius 2 is 2.03 bits per heavy atom. The zero-order chi connectivity index (χ0) is 23.1. The molecule has 32 heavy (non-hydrogen) atoms. The first-order chi connectivity index (χ1) is 15.0. The van der Waals surface area contributed by atoms with E-state index in [2.05, 4.69) is 5.32 Å². The predicted molar refractivity (Wildman–Crippen MR) is 107 cm³/mol. The second-order valence-electron chi connectivity index (χ2n) is 9.32. The molecule has 5 rings (SSSR count). The highest BCUT2D eigenvalue weighted by Gasteiger charge is 2.59. The minimum Gasteiger partial charge on any atom is -0.503 e. The van der Waals surface area contributed by atoms with Gasteiger partial charge in [-0.25, -0.2) is 13.2 Å². The van der Waals surface area contributed by atoms with Gasteiger partial charge in [0.25, 0.3) is 11.8 Å². The van der Waals surface area contributed by atoms with Gasteiger partial charge < -0.3 is 19.9 Å². The average molecular weight is 449 g/mol. The van der Waals surface area contributed by atoms with Crippen LogP contribution in [0.15, 0.2) is 34.3 Å². The van der Waals surface area contributed by atoms with Gasteiger partial charge in [-0.1, -0.05) is 0 Å². The predicted octanol–water partition coefficient (Wildman–Crippen LogP) is 2.53. The Hall–Kier alpha value is -3.04. The molecule has 2 fully saturated rings. The largest absolute Gasteiger partial charge is 0.503 e. The van der Waals surface area contributed by atoms with Gasteiger partial charge in [0.15, 0.2) is 11.4 Å². The standard InChI is InChI=1S/C22H22F3N3O4/c1-22(25)6-10(23)5-14(24)13(22)7-26-20(31)12-8-28-15-4-9-3-11(9)16(15)27(2)21(32)17(28)19(30)18(12)29/h5,8-9,11,15-16,30H,3-4,6-7H2,1-2H3,(H,26,31)/t9-,11?,15-,16+,22?/m0/s1. The highest BCUT2D eigenvalue weighted by atomic mass is 19.2. The smallest absolute Gasteiger partial charge is 0.274 e. The number of rotatable bonds is 3. The Morgan fingerprint density at radius 3 is 2.72 bits per heavy atom. The maximum atomic E-state index is 14.6. The molecule has 3 aliphatic carbocycles. The molecule has 0 radical (unpaired) electrons. The Bertz CT molecular complexity index is 1190. The fraction of sp³-hybridized carbons (Fsp3) is 0.500. The summed E-state index contributed by atoms with van der Waals surface area (Å²) in [5.74, 6) is -3.50. The van der Waals surface area contributed by atoms with Crippen LogP contribution in [0, 0.1) is 11.8 Å². The molecule has 170 valence electrons. The lowest BCUT2D eigenvalue weighted by Crippen LogP contribution is -2.49. The van der Waals surface area contributed by atoms with E-state index in [1.165, 1.54) is 10.8 Å². The van der Waals surface area contributed by atoms with E-state index in [9.17, 15) is 32.7 Å². The molecule has 0 saturated heterocycles. The van der Waals surface area contributed by atoms with Gasteiger partial charge in [-0.05, 0) is 31.6 Å². The number of hydrogen-bond acceptors (Lipinski definition) is 4. The summed E-state index contributed by atoms with van der Waals surface area (Å²) in [6.45, 7) is 0.426. The normalized spacial score (nSPS) is 32.8. The van der Waals surface area contributed by atoms with Crippen LogP contribution in [0.5, 0.6) is 5.75 Å². The first-order valence-electron chi connectivity index (χ1n) is 10.5. The highest BCUT2D eigenvalue weighted by molar-refractivity contribution is 5.99. The number of halogens is 3. The number of nitrogens with zero attached hydrogens (tertiary/aromatic N) is 2. The van der Waals surface area contributed by atoms with Crippen LogP contribution in [0.1, 0.15) is 53.1 Å². The Kier molecular flexibility index (Phi) is 4.38. The maximum absolute atomic E-state index is 14.6. The van der Waals surface area contributed by atoms with Crippen molar-refractivity contribution < 1.29 is 27.9 Å². The number of hydrogen-bond donors (Lipinski definition) is 2. The number of fused-ring (bicyclic) bond motifs is 5. The van der Waals surface area contributed by atoms with E-state index in [0.717, 1.165) is 19.8 Å². The van der Waals surface area contributed by atoms with Crippen LogP contribution in [-0.4, -0.2) is 51.7 Å². The third-order valence-corrected chi connectivity index (χ3v) is 7.26. The van der Waals surface area contributed by atoms with Crippen molar-refractivity contribution in [2.45, 2.75) is 43.9 Å². The quantitative estimate of drug-likeness (QED) is 0.742. The summed E-state index contributed by atoms with van der Waals surface area (Å²) in [4.78, 5) is 39.8. The summed E-state index contributed by atoms with van der Waals surface area (Å²) >= 11 is 0. The lowest BCUT2D eigenvalue weighted by Gasteiger charge is -2.39. The van der Waals surface area contributed by atoms with Crippen LogP contribution < -0.4 is 10.7 Å². The summed E-state index contributed by atoms with van der Waals surface area (Å²) in [5.41, 5.74) is -4.40. The summed E-state index contributed by atoms with van der Waals surface area (Å²) in [5, 5.41) is 12.8. The molecule has 0 bridgehead atoms. The van der Waals surface area contributed by atoms with Crippen molar-refractivity contribution >= 4 is 11.8 Å². The molecule has 2 unspecified atom stereocenters. The first kappa shape index (κ1) is 20.8. The fourth-order valence-electron chi connectivity index (χ4n) is 5.56. The van der Waals surface area contributed by atoms with Crippen molar-refractivity contribution in [3.05, 3.63) is 51.0 Å². The van der Waals surface area contributed by atoms with E-state index in [4.69, 9.17) is 0 Å². The molecule has 2 amide bonds. The molecule has 1 aliphatic heterocycles. The van der Waals surface area contributed by atoms with Crippen molar-refractivity contribution in [3.8, 4) is 5.75 Å². The van der Waals surface area contributed by atoms with Gasteiger partial charge in [-0.15, -0.1) is 0 Å². The second kappa shape index (κ2) is 6.73. The highest BCUT2D eigenvalue weighted by Crippen LogP contribution is 2.59. The van der Waals surface area contributed by atoms with Gasteiger partial charge >= 0.3 is 0 Å². The zero-order valence-corrected chi connectivity index (χ0v) is 17.5. The van der Waals surface area contributed by atoms with E-state index >= 15 is 0 Å². The third-order valence-electron chi connectivity index (χ3n) is 7.26. The summed E-state index contributed by atoms with van der Waals surface area (Å²) in [6.07, 6.45) is 2.94.